The van der Waals surface area contributed by atoms with Gasteiger partial charge in [-0.25, -0.2) is 0 Å². The summed E-state index contributed by atoms with van der Waals surface area (Å²) in [4.78, 5) is 0. The van der Waals surface area contributed by atoms with Crippen LogP contribution in [0.15, 0.2) is 11.7 Å². The summed E-state index contributed by atoms with van der Waals surface area (Å²) in [7, 11) is 0. The van der Waals surface area contributed by atoms with Crippen molar-refractivity contribution in [3.05, 3.63) is 11.7 Å². The zero-order chi connectivity index (χ0) is 15.1. The maximum Gasteiger partial charge on any atom is 0.269 e. The Bertz CT molecular complexity index is 314. The summed E-state index contributed by atoms with van der Waals surface area (Å²) in [6.45, 7) is 2.27. The van der Waals surface area contributed by atoms with Crippen LogP contribution >= 0.6 is 0 Å². The molecular weight excluding hydrogens is 266 g/mol. The fraction of sp³-hybridized carbons (Fsp3) is 0.895. The van der Waals surface area contributed by atoms with E-state index in [2.05, 4.69) is 6.92 Å². The summed E-state index contributed by atoms with van der Waals surface area (Å²) < 4.78 is 24.8. The van der Waals surface area contributed by atoms with Crippen LogP contribution in [0.1, 0.15) is 90.4 Å². The first kappa shape index (κ1) is 17.0. The first-order valence-corrected chi connectivity index (χ1v) is 9.23. The predicted octanol–water partition coefficient (Wildman–Crippen LogP) is 7.10. The molecule has 0 radical (unpaired) electrons. The summed E-state index contributed by atoms with van der Waals surface area (Å²) in [6, 6.07) is 0. The zero-order valence-corrected chi connectivity index (χ0v) is 13.7. The Hall–Kier alpha value is -0.400. The van der Waals surface area contributed by atoms with Crippen LogP contribution in [0.25, 0.3) is 0 Å². The predicted molar refractivity (Wildman–Crippen MR) is 85.4 cm³/mol. The second-order valence-electron chi connectivity index (χ2n) is 7.37. The summed E-state index contributed by atoms with van der Waals surface area (Å²) in [5, 5.41) is 0. The molecule has 2 saturated carbocycles. The molecule has 2 fully saturated rings. The smallest absolute Gasteiger partial charge is 0.173 e. The van der Waals surface area contributed by atoms with Gasteiger partial charge in [-0.2, -0.15) is 8.78 Å². The molecule has 0 aromatic rings. The van der Waals surface area contributed by atoms with Gasteiger partial charge in [0.1, 0.15) is 0 Å². The van der Waals surface area contributed by atoms with Crippen LogP contribution in [-0.4, -0.2) is 0 Å². The van der Waals surface area contributed by atoms with Gasteiger partial charge in [0.25, 0.3) is 6.08 Å². The lowest BCUT2D eigenvalue weighted by Gasteiger charge is -2.39. The lowest BCUT2D eigenvalue weighted by molar-refractivity contribution is 0.161. The molecule has 2 rings (SSSR count). The fourth-order valence-corrected chi connectivity index (χ4v) is 4.22. The monoisotopic (exact) mass is 298 g/mol. The molecule has 0 spiro atoms. The van der Waals surface area contributed by atoms with Crippen molar-refractivity contribution in [1.82, 2.24) is 0 Å². The number of halogens is 2. The quantitative estimate of drug-likeness (QED) is 0.419. The van der Waals surface area contributed by atoms with E-state index in [1.165, 1.54) is 70.6 Å². The molecule has 0 aromatic carbocycles. The molecule has 0 aliphatic heterocycles. The molecule has 2 aliphatic rings. The molecule has 122 valence electrons. The van der Waals surface area contributed by atoms with Gasteiger partial charge in [-0.3, -0.25) is 0 Å². The maximum absolute atomic E-state index is 12.4. The van der Waals surface area contributed by atoms with Crippen LogP contribution < -0.4 is 0 Å². The molecule has 0 aromatic heterocycles. The van der Waals surface area contributed by atoms with E-state index in [-0.39, 0.29) is 0 Å². The SMILES string of the molecule is CCCCCCCCC1CCC(C2CC(=C(F)F)C2)CC1. The number of unbranched alkanes of at least 4 members (excludes halogenated alkanes) is 5. The Morgan fingerprint density at radius 3 is 2.10 bits per heavy atom. The average Bonchev–Trinajstić information content (AvgIpc) is 2.42. The first-order chi connectivity index (χ1) is 10.2. The van der Waals surface area contributed by atoms with Crippen molar-refractivity contribution in [2.24, 2.45) is 17.8 Å². The highest BCUT2D eigenvalue weighted by Gasteiger charge is 2.35. The Morgan fingerprint density at radius 1 is 0.857 bits per heavy atom. The van der Waals surface area contributed by atoms with E-state index < -0.39 is 6.08 Å². The molecule has 2 heteroatoms. The van der Waals surface area contributed by atoms with Gasteiger partial charge in [0.2, 0.25) is 0 Å². The van der Waals surface area contributed by atoms with Crippen molar-refractivity contribution in [2.75, 3.05) is 0 Å². The minimum Gasteiger partial charge on any atom is -0.173 e. The third-order valence-corrected chi connectivity index (χ3v) is 5.81. The van der Waals surface area contributed by atoms with Gasteiger partial charge in [-0.1, -0.05) is 64.7 Å². The molecule has 0 amide bonds. The summed E-state index contributed by atoms with van der Waals surface area (Å²) in [5.41, 5.74) is 0.439. The van der Waals surface area contributed by atoms with Crippen LogP contribution in [0.4, 0.5) is 8.78 Å². The lowest BCUT2D eigenvalue weighted by Crippen LogP contribution is -2.28. The number of hydrogen-bond acceptors (Lipinski definition) is 0. The Kier molecular flexibility index (Phi) is 7.19. The molecule has 0 unspecified atom stereocenters. The number of hydrogen-bond donors (Lipinski definition) is 0. The summed E-state index contributed by atoms with van der Waals surface area (Å²) >= 11 is 0. The Balaban J connectivity index is 1.52. The topological polar surface area (TPSA) is 0 Å². The van der Waals surface area contributed by atoms with Gasteiger partial charge in [0.05, 0.1) is 0 Å². The highest BCUT2D eigenvalue weighted by atomic mass is 19.3. The summed E-state index contributed by atoms with van der Waals surface area (Å²) in [5.74, 6) is 2.26. The van der Waals surface area contributed by atoms with E-state index in [4.69, 9.17) is 0 Å². The molecular formula is C19H32F2. The van der Waals surface area contributed by atoms with Crippen LogP contribution in [0.5, 0.6) is 0 Å². The third-order valence-electron chi connectivity index (χ3n) is 5.81. The lowest BCUT2D eigenvalue weighted by atomic mass is 9.66. The highest BCUT2D eigenvalue weighted by Crippen LogP contribution is 2.47. The summed E-state index contributed by atoms with van der Waals surface area (Å²) in [6.07, 6.45) is 15.0. The van der Waals surface area contributed by atoms with Crippen molar-refractivity contribution < 1.29 is 8.78 Å². The molecule has 0 N–H and O–H groups in total. The molecule has 2 aliphatic carbocycles. The normalized spacial score (nSPS) is 29.3. The Morgan fingerprint density at radius 2 is 1.48 bits per heavy atom. The number of allylic oxidation sites excluding steroid dienone is 1. The molecule has 0 atom stereocenters. The zero-order valence-electron chi connectivity index (χ0n) is 13.7. The van der Waals surface area contributed by atoms with Gasteiger partial charge in [-0.05, 0) is 49.0 Å². The van der Waals surface area contributed by atoms with Gasteiger partial charge >= 0.3 is 0 Å². The van der Waals surface area contributed by atoms with Crippen LogP contribution in [0.3, 0.4) is 0 Å². The number of rotatable bonds is 8. The molecule has 21 heavy (non-hydrogen) atoms. The van der Waals surface area contributed by atoms with E-state index in [0.29, 0.717) is 24.3 Å². The minimum absolute atomic E-state index is 0.439. The van der Waals surface area contributed by atoms with Gasteiger partial charge in [0, 0.05) is 0 Å². The highest BCUT2D eigenvalue weighted by molar-refractivity contribution is 5.14. The third kappa shape index (κ3) is 5.38. The van der Waals surface area contributed by atoms with E-state index in [9.17, 15) is 8.78 Å². The van der Waals surface area contributed by atoms with E-state index in [1.807, 2.05) is 0 Å². The first-order valence-electron chi connectivity index (χ1n) is 9.23. The van der Waals surface area contributed by atoms with Crippen molar-refractivity contribution in [1.29, 1.82) is 0 Å². The van der Waals surface area contributed by atoms with E-state index in [1.54, 1.807) is 0 Å². The minimum atomic E-state index is -1.40. The standard InChI is InChI=1S/C19H32F2/c1-2-3-4-5-6-7-8-15-9-11-16(12-10-15)17-13-18(14-17)19(20)21/h15-17H,2-14H2,1H3. The molecule has 0 heterocycles. The van der Waals surface area contributed by atoms with Gasteiger partial charge in [0.15, 0.2) is 0 Å². The van der Waals surface area contributed by atoms with E-state index in [0.717, 1.165) is 11.8 Å². The molecule has 0 saturated heterocycles. The second-order valence-corrected chi connectivity index (χ2v) is 7.37. The van der Waals surface area contributed by atoms with Gasteiger partial charge < -0.3 is 0 Å². The average molecular weight is 298 g/mol. The van der Waals surface area contributed by atoms with Crippen molar-refractivity contribution in [2.45, 2.75) is 90.4 Å². The van der Waals surface area contributed by atoms with Crippen LogP contribution in [-0.2, 0) is 0 Å². The molecule has 0 nitrogen and oxygen atoms in total. The molecule has 0 bridgehead atoms. The Labute approximate surface area is 129 Å². The maximum atomic E-state index is 12.4. The second kappa shape index (κ2) is 8.90. The van der Waals surface area contributed by atoms with Crippen LogP contribution in [0, 0.1) is 17.8 Å². The van der Waals surface area contributed by atoms with Crippen molar-refractivity contribution in [3.8, 4) is 0 Å². The van der Waals surface area contributed by atoms with Crippen molar-refractivity contribution in [3.63, 3.8) is 0 Å². The van der Waals surface area contributed by atoms with Crippen molar-refractivity contribution >= 4 is 0 Å². The van der Waals surface area contributed by atoms with E-state index >= 15 is 0 Å². The largest absolute Gasteiger partial charge is 0.269 e. The van der Waals surface area contributed by atoms with Crippen LogP contribution in [0.2, 0.25) is 0 Å². The fourth-order valence-electron chi connectivity index (χ4n) is 4.22. The van der Waals surface area contributed by atoms with Gasteiger partial charge in [-0.15, -0.1) is 0 Å².